The van der Waals surface area contributed by atoms with Gasteiger partial charge in [-0.15, -0.1) is 0 Å². The Morgan fingerprint density at radius 2 is 1.72 bits per heavy atom. The number of rotatable bonds is 4. The number of amides is 3. The van der Waals surface area contributed by atoms with Gasteiger partial charge in [0.15, 0.2) is 0 Å². The summed E-state index contributed by atoms with van der Waals surface area (Å²) in [5.74, 6) is 0.535. The highest BCUT2D eigenvalue weighted by Gasteiger charge is 2.26. The molecule has 0 saturated carbocycles. The Morgan fingerprint density at radius 3 is 2.41 bits per heavy atom. The molecule has 2 aromatic rings. The average Bonchev–Trinajstić information content (AvgIpc) is 2.95. The van der Waals surface area contributed by atoms with E-state index in [9.17, 15) is 14.0 Å². The van der Waals surface area contributed by atoms with Crippen LogP contribution in [0.15, 0.2) is 22.6 Å². The minimum absolute atomic E-state index is 0.151. The molecule has 0 radical (unpaired) electrons. The molecule has 3 heterocycles. The Bertz CT molecular complexity index is 960. The van der Waals surface area contributed by atoms with Crippen molar-refractivity contribution in [3.05, 3.63) is 35.3 Å². The zero-order chi connectivity index (χ0) is 22.7. The first kappa shape index (κ1) is 22.6. The number of piperazine rings is 1. The molecular weight excluding hydrogens is 411 g/mol. The Balaban J connectivity index is 1.28. The lowest BCUT2D eigenvalue weighted by atomic mass is 10.1. The molecule has 32 heavy (non-hydrogen) atoms. The largest absolute Gasteiger partial charge is 0.459 e. The Hall–Kier alpha value is -2.61. The molecule has 8 heteroatoms. The number of fused-ring (bicyclic) bond motifs is 1. The molecule has 0 aliphatic carbocycles. The van der Waals surface area contributed by atoms with Crippen LogP contribution in [0.4, 0.5) is 9.18 Å². The van der Waals surface area contributed by atoms with Crippen molar-refractivity contribution in [2.45, 2.75) is 45.6 Å². The maximum Gasteiger partial charge on any atom is 0.318 e. The van der Waals surface area contributed by atoms with Crippen LogP contribution in [0.3, 0.4) is 0 Å². The van der Waals surface area contributed by atoms with Crippen LogP contribution in [0.2, 0.25) is 0 Å². The van der Waals surface area contributed by atoms with Crippen molar-refractivity contribution in [3.63, 3.8) is 0 Å². The van der Waals surface area contributed by atoms with E-state index in [4.69, 9.17) is 4.42 Å². The highest BCUT2D eigenvalue weighted by molar-refractivity contribution is 5.83. The molecule has 2 fully saturated rings. The maximum atomic E-state index is 13.6. The zero-order valence-electron chi connectivity index (χ0n) is 19.0. The van der Waals surface area contributed by atoms with Crippen LogP contribution in [0, 0.1) is 12.7 Å². The van der Waals surface area contributed by atoms with Gasteiger partial charge in [0.1, 0.15) is 17.2 Å². The van der Waals surface area contributed by atoms with Crippen molar-refractivity contribution in [2.24, 2.45) is 0 Å². The van der Waals surface area contributed by atoms with E-state index in [1.165, 1.54) is 25.0 Å². The van der Waals surface area contributed by atoms with Gasteiger partial charge in [-0.3, -0.25) is 9.69 Å². The summed E-state index contributed by atoms with van der Waals surface area (Å²) >= 11 is 0. The summed E-state index contributed by atoms with van der Waals surface area (Å²) in [4.78, 5) is 31.3. The predicted octanol–water partition coefficient (Wildman–Crippen LogP) is 3.67. The number of hydrogen-bond acceptors (Lipinski definition) is 4. The number of benzene rings is 1. The smallest absolute Gasteiger partial charge is 0.318 e. The highest BCUT2D eigenvalue weighted by atomic mass is 19.1. The highest BCUT2D eigenvalue weighted by Crippen LogP contribution is 2.30. The fourth-order valence-corrected chi connectivity index (χ4v) is 4.69. The number of carbonyl (C=O) groups is 2. The third-order valence-corrected chi connectivity index (χ3v) is 6.65. The van der Waals surface area contributed by atoms with Crippen molar-refractivity contribution in [1.29, 1.82) is 0 Å². The first-order valence-corrected chi connectivity index (χ1v) is 11.7. The lowest BCUT2D eigenvalue weighted by molar-refractivity contribution is -0.132. The maximum absolute atomic E-state index is 13.6. The van der Waals surface area contributed by atoms with Gasteiger partial charge >= 0.3 is 6.03 Å². The van der Waals surface area contributed by atoms with E-state index in [2.05, 4.69) is 10.2 Å². The summed E-state index contributed by atoms with van der Waals surface area (Å²) in [6, 6.07) is 3.96. The minimum atomic E-state index is -0.333. The lowest BCUT2D eigenvalue weighted by Gasteiger charge is -2.35. The van der Waals surface area contributed by atoms with Crippen molar-refractivity contribution in [2.75, 3.05) is 45.8 Å². The third-order valence-electron chi connectivity index (χ3n) is 6.65. The summed E-state index contributed by atoms with van der Waals surface area (Å²) in [7, 11) is 0. The summed E-state index contributed by atoms with van der Waals surface area (Å²) < 4.78 is 19.4. The number of urea groups is 1. The summed E-state index contributed by atoms with van der Waals surface area (Å²) in [6.07, 6.45) is 4.61. The molecule has 1 aromatic heterocycles. The third kappa shape index (κ3) is 5.06. The number of halogens is 1. The number of nitrogens with one attached hydrogen (secondary N) is 1. The molecule has 0 bridgehead atoms. The standard InChI is InChI=1S/C24H33FN4O3/c1-17-20-15-19(25)7-8-21(20)32-23(17)18(2)26-24(31)29-13-11-27(12-14-29)16-22(30)28-9-5-3-4-6-10-28/h7-8,15,18H,3-6,9-14,16H2,1-2H3,(H,26,31). The molecule has 4 rings (SSSR count). The van der Waals surface area contributed by atoms with Gasteiger partial charge < -0.3 is 19.5 Å². The Labute approximate surface area is 188 Å². The molecule has 2 aliphatic rings. The van der Waals surface area contributed by atoms with Crippen LogP contribution in [0.25, 0.3) is 11.0 Å². The van der Waals surface area contributed by atoms with Gasteiger partial charge in [-0.1, -0.05) is 12.8 Å². The monoisotopic (exact) mass is 444 g/mol. The molecule has 0 spiro atoms. The summed E-state index contributed by atoms with van der Waals surface area (Å²) in [6.45, 7) is 8.44. The molecule has 3 amide bonds. The van der Waals surface area contributed by atoms with Gasteiger partial charge in [0.25, 0.3) is 0 Å². The van der Waals surface area contributed by atoms with Crippen LogP contribution in [-0.4, -0.2) is 72.5 Å². The van der Waals surface area contributed by atoms with Gasteiger partial charge in [0.05, 0.1) is 12.6 Å². The fourth-order valence-electron chi connectivity index (χ4n) is 4.69. The number of aryl methyl sites for hydroxylation is 1. The quantitative estimate of drug-likeness (QED) is 0.781. The first-order valence-electron chi connectivity index (χ1n) is 11.7. The van der Waals surface area contributed by atoms with Crippen molar-refractivity contribution < 1.29 is 18.4 Å². The number of nitrogens with zero attached hydrogens (tertiary/aromatic N) is 3. The molecule has 174 valence electrons. The predicted molar refractivity (Wildman–Crippen MR) is 121 cm³/mol. The number of carbonyl (C=O) groups excluding carboxylic acids is 2. The molecule has 2 aliphatic heterocycles. The van der Waals surface area contributed by atoms with Crippen LogP contribution in [0.5, 0.6) is 0 Å². The lowest BCUT2D eigenvalue weighted by Crippen LogP contribution is -2.54. The van der Waals surface area contributed by atoms with E-state index in [0.717, 1.165) is 36.9 Å². The normalized spacial score (nSPS) is 19.1. The second-order valence-corrected chi connectivity index (χ2v) is 8.96. The van der Waals surface area contributed by atoms with Gasteiger partial charge in [0.2, 0.25) is 5.91 Å². The molecule has 1 unspecified atom stereocenters. The van der Waals surface area contributed by atoms with Crippen LogP contribution in [0.1, 0.15) is 50.0 Å². The topological polar surface area (TPSA) is 69.0 Å². The van der Waals surface area contributed by atoms with Crippen molar-refractivity contribution in [1.82, 2.24) is 20.0 Å². The number of likely N-dealkylation sites (tertiary alicyclic amines) is 1. The van der Waals surface area contributed by atoms with Crippen molar-refractivity contribution >= 4 is 22.9 Å². The van der Waals surface area contributed by atoms with Crippen LogP contribution >= 0.6 is 0 Å². The molecule has 7 nitrogen and oxygen atoms in total. The molecule has 1 aromatic carbocycles. The van der Waals surface area contributed by atoms with Crippen molar-refractivity contribution in [3.8, 4) is 0 Å². The minimum Gasteiger partial charge on any atom is -0.459 e. The summed E-state index contributed by atoms with van der Waals surface area (Å²) in [5, 5.41) is 3.73. The number of hydrogen-bond donors (Lipinski definition) is 1. The van der Waals surface area contributed by atoms with E-state index in [0.29, 0.717) is 44.1 Å². The first-order chi connectivity index (χ1) is 15.4. The van der Waals surface area contributed by atoms with E-state index in [-0.39, 0.29) is 23.8 Å². The Morgan fingerprint density at radius 1 is 1.03 bits per heavy atom. The molecule has 1 N–H and O–H groups in total. The second kappa shape index (κ2) is 9.90. The average molecular weight is 445 g/mol. The van der Waals surface area contributed by atoms with E-state index in [1.807, 2.05) is 18.7 Å². The van der Waals surface area contributed by atoms with Gasteiger partial charge in [0, 0.05) is 50.2 Å². The van der Waals surface area contributed by atoms with E-state index >= 15 is 0 Å². The Kier molecular flexibility index (Phi) is 6.98. The molecule has 2 saturated heterocycles. The van der Waals surface area contributed by atoms with Crippen LogP contribution in [-0.2, 0) is 4.79 Å². The van der Waals surface area contributed by atoms with Crippen LogP contribution < -0.4 is 5.32 Å². The summed E-state index contributed by atoms with van der Waals surface area (Å²) in [5.41, 5.74) is 1.45. The second-order valence-electron chi connectivity index (χ2n) is 8.96. The molecular formula is C24H33FN4O3. The number of furan rings is 1. The van der Waals surface area contributed by atoms with Gasteiger partial charge in [-0.25, -0.2) is 9.18 Å². The van der Waals surface area contributed by atoms with Gasteiger partial charge in [-0.05, 0) is 44.9 Å². The zero-order valence-corrected chi connectivity index (χ0v) is 19.0. The SMILES string of the molecule is Cc1c(C(C)NC(=O)N2CCN(CC(=O)N3CCCCCC3)CC2)oc2ccc(F)cc12. The molecule has 1 atom stereocenters. The fraction of sp³-hybridized carbons (Fsp3) is 0.583. The van der Waals surface area contributed by atoms with E-state index < -0.39 is 0 Å². The van der Waals surface area contributed by atoms with E-state index in [1.54, 1.807) is 11.0 Å². The van der Waals surface area contributed by atoms with Gasteiger partial charge in [-0.2, -0.15) is 0 Å².